The number of hydrogen-bond acceptors (Lipinski definition) is 2. The van der Waals surface area contributed by atoms with Crippen molar-refractivity contribution in [1.29, 1.82) is 0 Å². The zero-order chi connectivity index (χ0) is 12.4. The van der Waals surface area contributed by atoms with Crippen molar-refractivity contribution in [2.24, 2.45) is 0 Å². The smallest absolute Gasteiger partial charge is 0.130 e. The molecule has 1 aromatic carbocycles. The molecule has 0 bridgehead atoms. The van der Waals surface area contributed by atoms with Gasteiger partial charge in [0.1, 0.15) is 11.6 Å². The first-order valence-electron chi connectivity index (χ1n) is 4.90. The van der Waals surface area contributed by atoms with E-state index >= 15 is 0 Å². The summed E-state index contributed by atoms with van der Waals surface area (Å²) in [5.74, 6) is 0.509. The number of nitrogens with zero attached hydrogens (tertiary/aromatic N) is 1. The van der Waals surface area contributed by atoms with Crippen LogP contribution >= 0.6 is 38.5 Å². The van der Waals surface area contributed by atoms with Gasteiger partial charge in [0.15, 0.2) is 0 Å². The van der Waals surface area contributed by atoms with Crippen LogP contribution in [0.15, 0.2) is 34.9 Å². The molecule has 0 saturated heterocycles. The van der Waals surface area contributed by atoms with Gasteiger partial charge in [0, 0.05) is 14.2 Å². The lowest BCUT2D eigenvalue weighted by molar-refractivity contribution is 0.627. The third-order valence-corrected chi connectivity index (χ3v) is 3.96. The summed E-state index contributed by atoms with van der Waals surface area (Å²) in [6.07, 6.45) is 1.74. The lowest BCUT2D eigenvalue weighted by Gasteiger charge is -2.09. The minimum Gasteiger partial charge on any atom is -0.339 e. The maximum atomic E-state index is 12.9. The summed E-state index contributed by atoms with van der Waals surface area (Å²) in [4.78, 5) is 4.24. The van der Waals surface area contributed by atoms with Gasteiger partial charge in [-0.3, -0.25) is 0 Å². The van der Waals surface area contributed by atoms with E-state index in [1.807, 2.05) is 13.0 Å². The van der Waals surface area contributed by atoms with E-state index in [0.29, 0.717) is 0 Å². The largest absolute Gasteiger partial charge is 0.339 e. The van der Waals surface area contributed by atoms with Crippen molar-refractivity contribution in [3.63, 3.8) is 0 Å². The quantitative estimate of drug-likeness (QED) is 0.735. The van der Waals surface area contributed by atoms with Crippen LogP contribution in [-0.2, 0) is 0 Å². The summed E-state index contributed by atoms with van der Waals surface area (Å²) in [5.41, 5.74) is 1.95. The Morgan fingerprint density at radius 2 is 2.12 bits per heavy atom. The molecule has 5 heteroatoms. The molecule has 1 N–H and O–H groups in total. The van der Waals surface area contributed by atoms with Gasteiger partial charge in [0.2, 0.25) is 0 Å². The standard InChI is InChI=1S/C12H9BrFIN2/c1-7-4-12(16-6-9(7)13)17-11-3-2-8(14)5-10(11)15/h2-6H,1H3,(H,16,17). The molecule has 0 fully saturated rings. The first-order valence-corrected chi connectivity index (χ1v) is 6.77. The second-order valence-electron chi connectivity index (χ2n) is 3.57. The number of aryl methyl sites for hydroxylation is 1. The van der Waals surface area contributed by atoms with Crippen LogP contribution in [0.5, 0.6) is 0 Å². The summed E-state index contributed by atoms with van der Waals surface area (Å²) in [7, 11) is 0. The van der Waals surface area contributed by atoms with Crippen LogP contribution in [0.4, 0.5) is 15.9 Å². The van der Waals surface area contributed by atoms with E-state index in [9.17, 15) is 4.39 Å². The van der Waals surface area contributed by atoms with Crippen LogP contribution in [-0.4, -0.2) is 4.98 Å². The molecule has 2 nitrogen and oxygen atoms in total. The third kappa shape index (κ3) is 3.16. The molecule has 0 atom stereocenters. The van der Waals surface area contributed by atoms with Gasteiger partial charge in [0.05, 0.1) is 5.69 Å². The number of anilines is 2. The fourth-order valence-electron chi connectivity index (χ4n) is 1.34. The van der Waals surface area contributed by atoms with E-state index < -0.39 is 0 Å². The zero-order valence-corrected chi connectivity index (χ0v) is 12.7. The minimum absolute atomic E-state index is 0.236. The highest BCUT2D eigenvalue weighted by atomic mass is 127. The molecule has 0 aliphatic heterocycles. The van der Waals surface area contributed by atoms with Crippen LogP contribution in [0.1, 0.15) is 5.56 Å². The Bertz CT molecular complexity index is 560. The number of hydrogen-bond donors (Lipinski definition) is 1. The maximum absolute atomic E-state index is 12.9. The number of nitrogens with one attached hydrogen (secondary N) is 1. The fourth-order valence-corrected chi connectivity index (χ4v) is 2.17. The predicted molar refractivity (Wildman–Crippen MR) is 79.1 cm³/mol. The Hall–Kier alpha value is -0.690. The van der Waals surface area contributed by atoms with Crippen molar-refractivity contribution in [3.05, 3.63) is 49.9 Å². The Morgan fingerprint density at radius 3 is 2.76 bits per heavy atom. The number of aromatic nitrogens is 1. The average molecular weight is 407 g/mol. The van der Waals surface area contributed by atoms with Gasteiger partial charge in [-0.15, -0.1) is 0 Å². The van der Waals surface area contributed by atoms with E-state index in [0.717, 1.165) is 25.1 Å². The van der Waals surface area contributed by atoms with Gasteiger partial charge < -0.3 is 5.32 Å². The molecule has 0 spiro atoms. The van der Waals surface area contributed by atoms with Crippen LogP contribution in [0.2, 0.25) is 0 Å². The van der Waals surface area contributed by atoms with Gasteiger partial charge >= 0.3 is 0 Å². The lowest BCUT2D eigenvalue weighted by atomic mass is 10.3. The molecule has 1 aromatic heterocycles. The second-order valence-corrected chi connectivity index (χ2v) is 5.58. The molecular formula is C12H9BrFIN2. The summed E-state index contributed by atoms with van der Waals surface area (Å²) in [5, 5.41) is 3.16. The van der Waals surface area contributed by atoms with Crippen molar-refractivity contribution in [2.75, 3.05) is 5.32 Å². The fraction of sp³-hybridized carbons (Fsp3) is 0.0833. The highest BCUT2D eigenvalue weighted by Gasteiger charge is 2.04. The van der Waals surface area contributed by atoms with Crippen molar-refractivity contribution in [2.45, 2.75) is 6.92 Å². The molecule has 2 aromatic rings. The third-order valence-electron chi connectivity index (χ3n) is 2.24. The van der Waals surface area contributed by atoms with Crippen molar-refractivity contribution < 1.29 is 4.39 Å². The molecular weight excluding hydrogens is 398 g/mol. The Labute approximate surface area is 121 Å². The minimum atomic E-state index is -0.236. The molecule has 0 radical (unpaired) electrons. The summed E-state index contributed by atoms with van der Waals surface area (Å²) in [6.45, 7) is 1.99. The monoisotopic (exact) mass is 406 g/mol. The molecule has 1 heterocycles. The lowest BCUT2D eigenvalue weighted by Crippen LogP contribution is -1.96. The molecule has 2 rings (SSSR count). The van der Waals surface area contributed by atoms with Crippen molar-refractivity contribution in [1.82, 2.24) is 4.98 Å². The Balaban J connectivity index is 2.28. The Kier molecular flexibility index (Phi) is 3.98. The van der Waals surface area contributed by atoms with Crippen LogP contribution in [0, 0.1) is 16.3 Å². The van der Waals surface area contributed by atoms with Gasteiger partial charge in [-0.1, -0.05) is 0 Å². The van der Waals surface area contributed by atoms with Gasteiger partial charge in [0.25, 0.3) is 0 Å². The topological polar surface area (TPSA) is 24.9 Å². The number of halogens is 3. The van der Waals surface area contributed by atoms with E-state index in [2.05, 4.69) is 48.8 Å². The summed E-state index contributed by atoms with van der Waals surface area (Å²) < 4.78 is 14.7. The normalized spacial score (nSPS) is 10.4. The average Bonchev–Trinajstić information content (AvgIpc) is 2.27. The number of rotatable bonds is 2. The van der Waals surface area contributed by atoms with Crippen molar-refractivity contribution in [3.8, 4) is 0 Å². The van der Waals surface area contributed by atoms with Gasteiger partial charge in [-0.2, -0.15) is 0 Å². The zero-order valence-electron chi connectivity index (χ0n) is 8.97. The van der Waals surface area contributed by atoms with Crippen molar-refractivity contribution >= 4 is 50.0 Å². The molecule has 17 heavy (non-hydrogen) atoms. The van der Waals surface area contributed by atoms with E-state index in [4.69, 9.17) is 0 Å². The highest BCUT2D eigenvalue weighted by Crippen LogP contribution is 2.24. The molecule has 0 aliphatic rings. The highest BCUT2D eigenvalue weighted by molar-refractivity contribution is 14.1. The summed E-state index contributed by atoms with van der Waals surface area (Å²) in [6, 6.07) is 6.55. The first kappa shape index (κ1) is 12.8. The number of benzene rings is 1. The predicted octanol–water partition coefficient (Wildman–Crippen LogP) is 4.64. The van der Waals surface area contributed by atoms with Crippen LogP contribution in [0.25, 0.3) is 0 Å². The SMILES string of the molecule is Cc1cc(Nc2ccc(F)cc2I)ncc1Br. The first-order chi connectivity index (χ1) is 8.06. The molecule has 0 amide bonds. The molecule has 0 unspecified atom stereocenters. The second kappa shape index (κ2) is 5.30. The summed E-state index contributed by atoms with van der Waals surface area (Å²) >= 11 is 5.49. The van der Waals surface area contributed by atoms with Crippen LogP contribution in [0.3, 0.4) is 0 Å². The maximum Gasteiger partial charge on any atom is 0.130 e. The molecule has 0 saturated carbocycles. The molecule has 0 aliphatic carbocycles. The number of pyridine rings is 1. The van der Waals surface area contributed by atoms with E-state index in [-0.39, 0.29) is 5.82 Å². The Morgan fingerprint density at radius 1 is 1.35 bits per heavy atom. The van der Waals surface area contributed by atoms with Gasteiger partial charge in [-0.25, -0.2) is 9.37 Å². The van der Waals surface area contributed by atoms with Gasteiger partial charge in [-0.05, 0) is 75.3 Å². The van der Waals surface area contributed by atoms with E-state index in [1.54, 1.807) is 12.3 Å². The van der Waals surface area contributed by atoms with Crippen LogP contribution < -0.4 is 5.32 Å². The molecule has 88 valence electrons. The van der Waals surface area contributed by atoms with E-state index in [1.165, 1.54) is 12.1 Å².